The molecule has 0 unspecified atom stereocenters. The molecular formula is C19H13BrN2O6. The van der Waals surface area contributed by atoms with Crippen molar-refractivity contribution in [1.82, 2.24) is 5.32 Å². The molecule has 4 amide bonds. The molecule has 1 fully saturated rings. The van der Waals surface area contributed by atoms with Crippen LogP contribution in [0.1, 0.15) is 5.56 Å². The van der Waals surface area contributed by atoms with E-state index in [2.05, 4.69) is 21.2 Å². The van der Waals surface area contributed by atoms with Crippen LogP contribution in [-0.2, 0) is 9.59 Å². The van der Waals surface area contributed by atoms with E-state index in [1.165, 1.54) is 19.3 Å². The van der Waals surface area contributed by atoms with E-state index in [9.17, 15) is 14.4 Å². The van der Waals surface area contributed by atoms with Gasteiger partial charge in [0.1, 0.15) is 11.3 Å². The summed E-state index contributed by atoms with van der Waals surface area (Å²) in [6.45, 7) is 0.0644. The molecule has 4 rings (SSSR count). The largest absolute Gasteiger partial charge is 0.496 e. The summed E-state index contributed by atoms with van der Waals surface area (Å²) in [4.78, 5) is 38.4. The van der Waals surface area contributed by atoms with E-state index in [4.69, 9.17) is 14.2 Å². The number of halogens is 1. The standard InChI is InChI=1S/C19H13BrN2O6/c1-26-14-4-2-10(7-13(14)20)6-12-17(23)21-19(25)22(18(12)24)11-3-5-15-16(8-11)28-9-27-15/h2-8H,9H2,1H3,(H,21,23,25)/b12-6+. The number of ether oxygens (including phenoxy) is 3. The van der Waals surface area contributed by atoms with Crippen LogP contribution in [0.5, 0.6) is 17.2 Å². The molecule has 9 heteroatoms. The van der Waals surface area contributed by atoms with Gasteiger partial charge in [0, 0.05) is 6.07 Å². The van der Waals surface area contributed by atoms with Crippen molar-refractivity contribution in [3.63, 3.8) is 0 Å². The maximum Gasteiger partial charge on any atom is 0.335 e. The Kier molecular flexibility index (Phi) is 4.52. The molecule has 0 radical (unpaired) electrons. The lowest BCUT2D eigenvalue weighted by Crippen LogP contribution is -2.54. The summed E-state index contributed by atoms with van der Waals surface area (Å²) in [7, 11) is 1.53. The molecule has 0 aliphatic carbocycles. The van der Waals surface area contributed by atoms with Crippen LogP contribution < -0.4 is 24.4 Å². The van der Waals surface area contributed by atoms with Gasteiger partial charge in [0.25, 0.3) is 11.8 Å². The molecule has 1 saturated heterocycles. The molecule has 0 atom stereocenters. The Bertz CT molecular complexity index is 1050. The smallest absolute Gasteiger partial charge is 0.335 e. The van der Waals surface area contributed by atoms with Crippen LogP contribution in [0.2, 0.25) is 0 Å². The number of hydrogen-bond donors (Lipinski definition) is 1. The maximum atomic E-state index is 12.9. The predicted octanol–water partition coefficient (Wildman–Crippen LogP) is 2.85. The lowest BCUT2D eigenvalue weighted by atomic mass is 10.1. The molecule has 2 aromatic carbocycles. The van der Waals surface area contributed by atoms with E-state index < -0.39 is 17.8 Å². The minimum Gasteiger partial charge on any atom is -0.496 e. The SMILES string of the molecule is COc1ccc(/C=C2\C(=O)NC(=O)N(c3ccc4c(c3)OCO4)C2=O)cc1Br. The normalized spacial score (nSPS) is 17.1. The number of fused-ring (bicyclic) bond motifs is 1. The number of imide groups is 2. The van der Waals surface area contributed by atoms with Gasteiger partial charge in [0.05, 0.1) is 17.3 Å². The third-order valence-corrected chi connectivity index (χ3v) is 4.82. The molecule has 2 aliphatic heterocycles. The van der Waals surface area contributed by atoms with E-state index in [0.29, 0.717) is 27.3 Å². The minimum atomic E-state index is -0.832. The molecule has 28 heavy (non-hydrogen) atoms. The zero-order chi connectivity index (χ0) is 19.8. The lowest BCUT2D eigenvalue weighted by Gasteiger charge is -2.26. The summed E-state index contributed by atoms with van der Waals surface area (Å²) in [6.07, 6.45) is 1.41. The molecule has 0 spiro atoms. The molecule has 142 valence electrons. The fraction of sp³-hybridized carbons (Fsp3) is 0.105. The number of rotatable bonds is 3. The summed E-state index contributed by atoms with van der Waals surface area (Å²) >= 11 is 3.36. The first-order chi connectivity index (χ1) is 13.5. The van der Waals surface area contributed by atoms with Gasteiger partial charge in [-0.25, -0.2) is 9.69 Å². The van der Waals surface area contributed by atoms with E-state index in [-0.39, 0.29) is 18.1 Å². The van der Waals surface area contributed by atoms with Crippen LogP contribution in [-0.4, -0.2) is 31.7 Å². The molecule has 2 heterocycles. The van der Waals surface area contributed by atoms with E-state index in [1.807, 2.05) is 0 Å². The summed E-state index contributed by atoms with van der Waals surface area (Å²) < 4.78 is 16.4. The molecular weight excluding hydrogens is 432 g/mol. The molecule has 2 aromatic rings. The number of anilines is 1. The van der Waals surface area contributed by atoms with Gasteiger partial charge in [-0.05, 0) is 51.8 Å². The minimum absolute atomic E-state index is 0.0644. The number of carbonyl (C=O) groups excluding carboxylic acids is 3. The number of hydrogen-bond acceptors (Lipinski definition) is 6. The van der Waals surface area contributed by atoms with Crippen LogP contribution in [0.3, 0.4) is 0 Å². The first-order valence-electron chi connectivity index (χ1n) is 8.12. The highest BCUT2D eigenvalue weighted by Gasteiger charge is 2.37. The van der Waals surface area contributed by atoms with Crippen molar-refractivity contribution in [2.45, 2.75) is 0 Å². The number of benzene rings is 2. The first-order valence-corrected chi connectivity index (χ1v) is 8.92. The Balaban J connectivity index is 1.71. The first kappa shape index (κ1) is 18.1. The Morgan fingerprint density at radius 3 is 2.64 bits per heavy atom. The fourth-order valence-electron chi connectivity index (χ4n) is 2.86. The summed E-state index contributed by atoms with van der Waals surface area (Å²) in [5.74, 6) is 0.0420. The second kappa shape index (κ2) is 7.01. The highest BCUT2D eigenvalue weighted by molar-refractivity contribution is 9.10. The molecule has 8 nitrogen and oxygen atoms in total. The van der Waals surface area contributed by atoms with E-state index >= 15 is 0 Å². The Morgan fingerprint density at radius 2 is 1.89 bits per heavy atom. The van der Waals surface area contributed by atoms with Gasteiger partial charge in [-0.2, -0.15) is 0 Å². The second-order valence-corrected chi connectivity index (χ2v) is 6.74. The second-order valence-electron chi connectivity index (χ2n) is 5.89. The molecule has 0 bridgehead atoms. The van der Waals surface area contributed by atoms with Gasteiger partial charge in [-0.3, -0.25) is 14.9 Å². The zero-order valence-electron chi connectivity index (χ0n) is 14.5. The zero-order valence-corrected chi connectivity index (χ0v) is 16.1. The van der Waals surface area contributed by atoms with Crippen LogP contribution in [0.15, 0.2) is 46.4 Å². The van der Waals surface area contributed by atoms with Gasteiger partial charge in [-0.15, -0.1) is 0 Å². The van der Waals surface area contributed by atoms with Gasteiger partial charge in [0.2, 0.25) is 6.79 Å². The van der Waals surface area contributed by atoms with E-state index in [1.54, 1.807) is 30.3 Å². The summed E-state index contributed by atoms with van der Waals surface area (Å²) in [5.41, 5.74) is 0.682. The van der Waals surface area contributed by atoms with Crippen LogP contribution >= 0.6 is 15.9 Å². The topological polar surface area (TPSA) is 94.2 Å². The molecule has 0 aromatic heterocycles. The third kappa shape index (κ3) is 3.09. The average Bonchev–Trinajstić information content (AvgIpc) is 3.13. The average molecular weight is 445 g/mol. The number of methoxy groups -OCH3 is 1. The van der Waals surface area contributed by atoms with Crippen LogP contribution in [0, 0.1) is 0 Å². The number of nitrogens with one attached hydrogen (secondary N) is 1. The Morgan fingerprint density at radius 1 is 1.11 bits per heavy atom. The molecule has 1 N–H and O–H groups in total. The highest BCUT2D eigenvalue weighted by Crippen LogP contribution is 2.36. The monoisotopic (exact) mass is 444 g/mol. The number of carbonyl (C=O) groups is 3. The van der Waals surface area contributed by atoms with Crippen molar-refractivity contribution >= 4 is 45.5 Å². The number of urea groups is 1. The Hall–Kier alpha value is -3.33. The maximum absolute atomic E-state index is 12.9. The van der Waals surface area contributed by atoms with Crippen molar-refractivity contribution in [2.75, 3.05) is 18.8 Å². The van der Waals surface area contributed by atoms with Crippen molar-refractivity contribution in [1.29, 1.82) is 0 Å². The van der Waals surface area contributed by atoms with Crippen molar-refractivity contribution in [3.8, 4) is 17.2 Å². The number of amides is 4. The van der Waals surface area contributed by atoms with Crippen LogP contribution in [0.25, 0.3) is 6.08 Å². The predicted molar refractivity (Wildman–Crippen MR) is 102 cm³/mol. The summed E-state index contributed by atoms with van der Waals surface area (Å²) in [5, 5.41) is 2.18. The molecule has 2 aliphatic rings. The molecule has 0 saturated carbocycles. The third-order valence-electron chi connectivity index (χ3n) is 4.20. The quantitative estimate of drug-likeness (QED) is 0.577. The summed E-state index contributed by atoms with van der Waals surface area (Å²) in [6, 6.07) is 8.91. The van der Waals surface area contributed by atoms with Crippen molar-refractivity contribution in [2.24, 2.45) is 0 Å². The number of barbiturate groups is 1. The highest BCUT2D eigenvalue weighted by atomic mass is 79.9. The van der Waals surface area contributed by atoms with Gasteiger partial charge in [0.15, 0.2) is 11.5 Å². The fourth-order valence-corrected chi connectivity index (χ4v) is 3.41. The van der Waals surface area contributed by atoms with Gasteiger partial charge < -0.3 is 14.2 Å². The lowest BCUT2D eigenvalue weighted by molar-refractivity contribution is -0.122. The van der Waals surface area contributed by atoms with Gasteiger partial charge in [-0.1, -0.05) is 6.07 Å². The Labute approximate surface area is 167 Å². The van der Waals surface area contributed by atoms with Crippen LogP contribution in [0.4, 0.5) is 10.5 Å². The van der Waals surface area contributed by atoms with E-state index in [0.717, 1.165) is 4.90 Å². The van der Waals surface area contributed by atoms with Crippen molar-refractivity contribution < 1.29 is 28.6 Å². The van der Waals surface area contributed by atoms with Gasteiger partial charge >= 0.3 is 6.03 Å². The number of nitrogens with zero attached hydrogens (tertiary/aromatic N) is 1. The van der Waals surface area contributed by atoms with Crippen molar-refractivity contribution in [3.05, 3.63) is 52.0 Å².